The van der Waals surface area contributed by atoms with Crippen LogP contribution in [0.25, 0.3) is 0 Å². The van der Waals surface area contributed by atoms with Crippen molar-refractivity contribution in [2.24, 2.45) is 5.73 Å². The van der Waals surface area contributed by atoms with Crippen molar-refractivity contribution in [2.45, 2.75) is 25.5 Å². The van der Waals surface area contributed by atoms with E-state index in [0.29, 0.717) is 0 Å². The molecule has 0 saturated carbocycles. The lowest BCUT2D eigenvalue weighted by molar-refractivity contribution is 0.0241. The average Bonchev–Trinajstić information content (AvgIpc) is 2.47. The maximum absolute atomic E-state index is 6.41. The maximum atomic E-state index is 6.41. The van der Waals surface area contributed by atoms with Crippen LogP contribution in [0.1, 0.15) is 34.4 Å². The molecule has 0 spiro atoms. The molecule has 2 aromatic rings. The topological polar surface area (TPSA) is 35.2 Å². The third-order valence-electron chi connectivity index (χ3n) is 3.82. The average molecular weight is 253 g/mol. The predicted molar refractivity (Wildman–Crippen MR) is 76.9 cm³/mol. The van der Waals surface area contributed by atoms with Gasteiger partial charge in [-0.25, -0.2) is 0 Å². The summed E-state index contributed by atoms with van der Waals surface area (Å²) in [5, 5.41) is 0. The van der Waals surface area contributed by atoms with Crippen molar-refractivity contribution in [3.8, 4) is 0 Å². The minimum absolute atomic E-state index is 0.0346. The molecule has 2 nitrogen and oxygen atoms in total. The maximum Gasteiger partial charge on any atom is 0.102 e. The van der Waals surface area contributed by atoms with Crippen molar-refractivity contribution in [3.63, 3.8) is 0 Å². The minimum Gasteiger partial charge on any atom is -0.371 e. The lowest BCUT2D eigenvalue weighted by Gasteiger charge is -2.30. The van der Waals surface area contributed by atoms with Gasteiger partial charge in [0.15, 0.2) is 0 Å². The van der Waals surface area contributed by atoms with Crippen LogP contribution in [0.4, 0.5) is 0 Å². The third kappa shape index (κ3) is 2.42. The van der Waals surface area contributed by atoms with E-state index >= 15 is 0 Å². The fourth-order valence-electron chi connectivity index (χ4n) is 2.69. The second-order valence-electron chi connectivity index (χ2n) is 5.18. The van der Waals surface area contributed by atoms with Gasteiger partial charge in [0.2, 0.25) is 0 Å². The molecule has 0 aromatic heterocycles. The standard InChI is InChI=1S/C17H19NO/c1-12-6-8-14(9-7-12)16(18)17-15-5-3-2-4-13(15)10-11-19-17/h2-9,16-17H,10-11,18H2,1H3. The van der Waals surface area contributed by atoms with Gasteiger partial charge in [-0.2, -0.15) is 0 Å². The Labute approximate surface area is 114 Å². The fourth-order valence-corrected chi connectivity index (χ4v) is 2.69. The predicted octanol–water partition coefficient (Wildman–Crippen LogP) is 3.31. The van der Waals surface area contributed by atoms with Gasteiger partial charge >= 0.3 is 0 Å². The molecule has 0 saturated heterocycles. The summed E-state index contributed by atoms with van der Waals surface area (Å²) in [4.78, 5) is 0. The first-order valence-corrected chi connectivity index (χ1v) is 6.77. The molecule has 2 unspecified atom stereocenters. The lowest BCUT2D eigenvalue weighted by atomic mass is 9.90. The van der Waals surface area contributed by atoms with E-state index in [4.69, 9.17) is 10.5 Å². The number of rotatable bonds is 2. The molecule has 0 amide bonds. The summed E-state index contributed by atoms with van der Waals surface area (Å²) in [5.74, 6) is 0. The highest BCUT2D eigenvalue weighted by Gasteiger charge is 2.27. The Balaban J connectivity index is 1.92. The van der Waals surface area contributed by atoms with Crippen LogP contribution in [0.3, 0.4) is 0 Å². The summed E-state index contributed by atoms with van der Waals surface area (Å²) in [6.07, 6.45) is 0.945. The number of benzene rings is 2. The normalized spacial score (nSPS) is 19.8. The van der Waals surface area contributed by atoms with Gasteiger partial charge in [0.1, 0.15) is 6.10 Å². The van der Waals surface area contributed by atoms with Crippen molar-refractivity contribution in [1.82, 2.24) is 0 Å². The molecule has 1 aliphatic heterocycles. The molecule has 1 aliphatic rings. The Morgan fingerprint density at radius 3 is 2.63 bits per heavy atom. The summed E-state index contributed by atoms with van der Waals surface area (Å²) >= 11 is 0. The van der Waals surface area contributed by atoms with Gasteiger partial charge in [-0.3, -0.25) is 0 Å². The second-order valence-corrected chi connectivity index (χ2v) is 5.18. The molecule has 1 heterocycles. The van der Waals surface area contributed by atoms with E-state index in [1.54, 1.807) is 0 Å². The lowest BCUT2D eigenvalue weighted by Crippen LogP contribution is -2.27. The van der Waals surface area contributed by atoms with Gasteiger partial charge in [0.25, 0.3) is 0 Å². The molecule has 2 heteroatoms. The highest BCUT2D eigenvalue weighted by molar-refractivity contribution is 5.34. The van der Waals surface area contributed by atoms with E-state index in [0.717, 1.165) is 18.6 Å². The van der Waals surface area contributed by atoms with E-state index in [1.165, 1.54) is 16.7 Å². The van der Waals surface area contributed by atoms with Gasteiger partial charge in [-0.05, 0) is 30.0 Å². The Morgan fingerprint density at radius 2 is 1.84 bits per heavy atom. The molecule has 2 aromatic carbocycles. The summed E-state index contributed by atoms with van der Waals surface area (Å²) < 4.78 is 5.93. The van der Waals surface area contributed by atoms with Gasteiger partial charge in [0, 0.05) is 0 Å². The SMILES string of the molecule is Cc1ccc(C(N)C2OCCc3ccccc32)cc1. The highest BCUT2D eigenvalue weighted by atomic mass is 16.5. The van der Waals surface area contributed by atoms with E-state index in [-0.39, 0.29) is 12.1 Å². The number of fused-ring (bicyclic) bond motifs is 1. The fraction of sp³-hybridized carbons (Fsp3) is 0.294. The first kappa shape index (κ1) is 12.4. The smallest absolute Gasteiger partial charge is 0.102 e. The summed E-state index contributed by atoms with van der Waals surface area (Å²) in [7, 11) is 0. The third-order valence-corrected chi connectivity index (χ3v) is 3.82. The van der Waals surface area contributed by atoms with Crippen molar-refractivity contribution >= 4 is 0 Å². The van der Waals surface area contributed by atoms with Crippen LogP contribution in [0.2, 0.25) is 0 Å². The van der Waals surface area contributed by atoms with E-state index in [9.17, 15) is 0 Å². The van der Waals surface area contributed by atoms with E-state index in [2.05, 4.69) is 55.5 Å². The van der Waals surface area contributed by atoms with Crippen molar-refractivity contribution in [2.75, 3.05) is 6.61 Å². The molecule has 0 radical (unpaired) electrons. The summed E-state index contributed by atoms with van der Waals surface area (Å²) in [5.41, 5.74) is 11.4. The van der Waals surface area contributed by atoms with Crippen molar-refractivity contribution in [1.29, 1.82) is 0 Å². The first-order chi connectivity index (χ1) is 9.25. The van der Waals surface area contributed by atoms with Gasteiger partial charge in [-0.1, -0.05) is 54.1 Å². The Kier molecular flexibility index (Phi) is 3.36. The summed E-state index contributed by atoms with van der Waals surface area (Å²) in [6, 6.07) is 16.7. The van der Waals surface area contributed by atoms with Gasteiger partial charge in [-0.15, -0.1) is 0 Å². The molecule has 19 heavy (non-hydrogen) atoms. The van der Waals surface area contributed by atoms with Crippen LogP contribution >= 0.6 is 0 Å². The zero-order chi connectivity index (χ0) is 13.2. The van der Waals surface area contributed by atoms with Crippen LogP contribution in [0.15, 0.2) is 48.5 Å². The van der Waals surface area contributed by atoms with E-state index in [1.807, 2.05) is 0 Å². The molecule has 0 bridgehead atoms. The minimum atomic E-state index is -0.109. The summed E-state index contributed by atoms with van der Waals surface area (Å²) in [6.45, 7) is 2.84. The molecular weight excluding hydrogens is 234 g/mol. The first-order valence-electron chi connectivity index (χ1n) is 6.77. The molecular formula is C17H19NO. The largest absolute Gasteiger partial charge is 0.371 e. The number of ether oxygens (including phenoxy) is 1. The van der Waals surface area contributed by atoms with Crippen LogP contribution < -0.4 is 5.73 Å². The molecule has 2 atom stereocenters. The zero-order valence-corrected chi connectivity index (χ0v) is 11.2. The monoisotopic (exact) mass is 253 g/mol. The second kappa shape index (κ2) is 5.16. The highest BCUT2D eigenvalue weighted by Crippen LogP contribution is 2.35. The molecule has 3 rings (SSSR count). The number of hydrogen-bond acceptors (Lipinski definition) is 2. The molecule has 98 valence electrons. The number of hydrogen-bond donors (Lipinski definition) is 1. The Morgan fingerprint density at radius 1 is 1.11 bits per heavy atom. The van der Waals surface area contributed by atoms with Crippen LogP contribution in [-0.2, 0) is 11.2 Å². The van der Waals surface area contributed by atoms with Gasteiger partial charge in [0.05, 0.1) is 12.6 Å². The Bertz CT molecular complexity index is 562. The van der Waals surface area contributed by atoms with Crippen LogP contribution in [-0.4, -0.2) is 6.61 Å². The number of aryl methyl sites for hydroxylation is 1. The van der Waals surface area contributed by atoms with Gasteiger partial charge < -0.3 is 10.5 Å². The van der Waals surface area contributed by atoms with Crippen LogP contribution in [0, 0.1) is 6.92 Å². The van der Waals surface area contributed by atoms with Crippen LogP contribution in [0.5, 0.6) is 0 Å². The molecule has 2 N–H and O–H groups in total. The van der Waals surface area contributed by atoms with Crippen molar-refractivity contribution < 1.29 is 4.74 Å². The quantitative estimate of drug-likeness (QED) is 0.891. The molecule has 0 fully saturated rings. The van der Waals surface area contributed by atoms with E-state index < -0.39 is 0 Å². The molecule has 0 aliphatic carbocycles. The Hall–Kier alpha value is -1.64. The van der Waals surface area contributed by atoms with Crippen molar-refractivity contribution in [3.05, 3.63) is 70.8 Å². The zero-order valence-electron chi connectivity index (χ0n) is 11.2. The number of nitrogens with two attached hydrogens (primary N) is 1.